The number of aromatic nitrogens is 2. The van der Waals surface area contributed by atoms with Crippen molar-refractivity contribution < 1.29 is 0 Å². The molecular weight excluding hydrogens is 420 g/mol. The number of likely N-dealkylation sites (N-methyl/N-ethyl adjacent to an activating group) is 1. The first-order valence-corrected chi connectivity index (χ1v) is 12.8. The van der Waals surface area contributed by atoms with Gasteiger partial charge < -0.3 is 15.1 Å². The Hall–Kier alpha value is -2.70. The van der Waals surface area contributed by atoms with E-state index in [4.69, 9.17) is 9.97 Å². The molecule has 2 fully saturated rings. The minimum absolute atomic E-state index is 0.440. The molecule has 0 aliphatic carbocycles. The van der Waals surface area contributed by atoms with E-state index in [1.807, 2.05) is 0 Å². The lowest BCUT2D eigenvalue weighted by molar-refractivity contribution is 0.211. The molecule has 2 aliphatic rings. The van der Waals surface area contributed by atoms with Gasteiger partial charge in [-0.1, -0.05) is 30.3 Å². The molecule has 1 N–H and O–H groups in total. The molecule has 0 bridgehead atoms. The quantitative estimate of drug-likeness (QED) is 0.609. The van der Waals surface area contributed by atoms with Crippen LogP contribution in [0, 0.1) is 13.8 Å². The molecule has 180 valence electrons. The number of aryl methyl sites for hydroxylation is 2. The van der Waals surface area contributed by atoms with E-state index in [2.05, 4.69) is 83.4 Å². The number of anilines is 2. The number of rotatable bonds is 5. The summed E-state index contributed by atoms with van der Waals surface area (Å²) in [5.74, 6) is 1.87. The van der Waals surface area contributed by atoms with Gasteiger partial charge in [0, 0.05) is 50.7 Å². The maximum atomic E-state index is 5.11. The van der Waals surface area contributed by atoms with E-state index in [0.29, 0.717) is 6.04 Å². The second-order valence-electron chi connectivity index (χ2n) is 10.2. The van der Waals surface area contributed by atoms with Crippen LogP contribution in [-0.4, -0.2) is 72.1 Å². The highest BCUT2D eigenvalue weighted by atomic mass is 15.3. The Kier molecular flexibility index (Phi) is 6.97. The van der Waals surface area contributed by atoms with Crippen LogP contribution >= 0.6 is 0 Å². The fourth-order valence-corrected chi connectivity index (χ4v) is 5.14. The molecule has 5 rings (SSSR count). The van der Waals surface area contributed by atoms with Crippen molar-refractivity contribution in [2.45, 2.75) is 45.7 Å². The maximum absolute atomic E-state index is 5.11. The van der Waals surface area contributed by atoms with Crippen LogP contribution in [0.5, 0.6) is 0 Å². The molecule has 0 atom stereocenters. The molecule has 0 amide bonds. The van der Waals surface area contributed by atoms with E-state index in [9.17, 15) is 0 Å². The number of likely N-dealkylation sites (tertiary alicyclic amines) is 1. The first-order chi connectivity index (χ1) is 16.5. The summed E-state index contributed by atoms with van der Waals surface area (Å²) in [6, 6.07) is 15.7. The summed E-state index contributed by atoms with van der Waals surface area (Å²) in [7, 11) is 2.20. The number of hydrogen-bond donors (Lipinski definition) is 1. The fourth-order valence-electron chi connectivity index (χ4n) is 5.14. The van der Waals surface area contributed by atoms with Gasteiger partial charge in [-0.05, 0) is 75.5 Å². The zero-order valence-corrected chi connectivity index (χ0v) is 20.9. The van der Waals surface area contributed by atoms with Crippen molar-refractivity contribution in [2.24, 2.45) is 0 Å². The Labute approximate surface area is 204 Å². The molecule has 2 aromatic carbocycles. The molecule has 6 nitrogen and oxygen atoms in total. The predicted octanol–water partition coefficient (Wildman–Crippen LogP) is 4.47. The van der Waals surface area contributed by atoms with Crippen molar-refractivity contribution in [3.8, 4) is 0 Å². The van der Waals surface area contributed by atoms with Crippen molar-refractivity contribution in [3.05, 3.63) is 59.2 Å². The third kappa shape index (κ3) is 5.34. The van der Waals surface area contributed by atoms with Gasteiger partial charge in [-0.2, -0.15) is 4.98 Å². The summed E-state index contributed by atoms with van der Waals surface area (Å²) in [4.78, 5) is 17.5. The standard InChI is InChI=1S/C28H38N6/c1-21-18-25-26(19-22(21)2)30-28(34-13-7-12-32(3)16-17-34)31-27(25)29-24-10-14-33(15-11-24)20-23-8-5-4-6-9-23/h4-6,8-9,18-19,24H,7,10-17,20H2,1-3H3,(H,29,30,31). The highest BCUT2D eigenvalue weighted by Crippen LogP contribution is 2.29. The highest BCUT2D eigenvalue weighted by molar-refractivity contribution is 5.91. The van der Waals surface area contributed by atoms with Crippen molar-refractivity contribution in [1.82, 2.24) is 19.8 Å². The lowest BCUT2D eigenvalue weighted by atomic mass is 10.0. The van der Waals surface area contributed by atoms with Crippen LogP contribution in [-0.2, 0) is 6.54 Å². The van der Waals surface area contributed by atoms with E-state index in [1.165, 1.54) is 16.7 Å². The molecule has 0 saturated carbocycles. The minimum Gasteiger partial charge on any atom is -0.367 e. The molecule has 3 aromatic rings. The van der Waals surface area contributed by atoms with Crippen molar-refractivity contribution in [1.29, 1.82) is 0 Å². The van der Waals surface area contributed by atoms with Crippen LogP contribution in [0.2, 0.25) is 0 Å². The Balaban J connectivity index is 1.35. The van der Waals surface area contributed by atoms with Crippen LogP contribution in [0.3, 0.4) is 0 Å². The van der Waals surface area contributed by atoms with Crippen molar-refractivity contribution in [3.63, 3.8) is 0 Å². The zero-order chi connectivity index (χ0) is 23.5. The Bertz CT molecular complexity index is 1110. The van der Waals surface area contributed by atoms with Gasteiger partial charge in [-0.3, -0.25) is 4.90 Å². The van der Waals surface area contributed by atoms with Gasteiger partial charge in [0.2, 0.25) is 5.95 Å². The summed E-state index contributed by atoms with van der Waals surface area (Å²) < 4.78 is 0. The average Bonchev–Trinajstić information content (AvgIpc) is 3.06. The van der Waals surface area contributed by atoms with Gasteiger partial charge in [0.25, 0.3) is 0 Å². The number of benzene rings is 2. The number of nitrogens with zero attached hydrogens (tertiary/aromatic N) is 5. The van der Waals surface area contributed by atoms with Crippen LogP contribution in [0.4, 0.5) is 11.8 Å². The monoisotopic (exact) mass is 458 g/mol. The number of fused-ring (bicyclic) bond motifs is 1. The summed E-state index contributed by atoms with van der Waals surface area (Å²) in [6.07, 6.45) is 3.41. The smallest absolute Gasteiger partial charge is 0.227 e. The molecular formula is C28H38N6. The van der Waals surface area contributed by atoms with E-state index < -0.39 is 0 Å². The second kappa shape index (κ2) is 10.3. The van der Waals surface area contributed by atoms with Gasteiger partial charge in [-0.25, -0.2) is 4.98 Å². The van der Waals surface area contributed by atoms with E-state index >= 15 is 0 Å². The van der Waals surface area contributed by atoms with Crippen molar-refractivity contribution in [2.75, 3.05) is 56.5 Å². The van der Waals surface area contributed by atoms with Gasteiger partial charge in [0.15, 0.2) is 0 Å². The van der Waals surface area contributed by atoms with Crippen LogP contribution in [0.25, 0.3) is 10.9 Å². The first-order valence-electron chi connectivity index (χ1n) is 12.8. The summed E-state index contributed by atoms with van der Waals surface area (Å²) >= 11 is 0. The van der Waals surface area contributed by atoms with Crippen LogP contribution in [0.15, 0.2) is 42.5 Å². The topological polar surface area (TPSA) is 47.5 Å². The van der Waals surface area contributed by atoms with Gasteiger partial charge in [0.1, 0.15) is 5.82 Å². The Morgan fingerprint density at radius 3 is 2.44 bits per heavy atom. The minimum atomic E-state index is 0.440. The number of hydrogen-bond acceptors (Lipinski definition) is 6. The molecule has 0 spiro atoms. The third-order valence-electron chi connectivity index (χ3n) is 7.48. The SMILES string of the molecule is Cc1cc2nc(N3CCCN(C)CC3)nc(NC3CCN(Cc4ccccc4)CC3)c2cc1C. The molecule has 34 heavy (non-hydrogen) atoms. The van der Waals surface area contributed by atoms with E-state index in [-0.39, 0.29) is 0 Å². The lowest BCUT2D eigenvalue weighted by Gasteiger charge is -2.33. The summed E-state index contributed by atoms with van der Waals surface area (Å²) in [6.45, 7) is 11.8. The molecule has 2 aliphatic heterocycles. The van der Waals surface area contributed by atoms with Gasteiger partial charge in [0.05, 0.1) is 5.52 Å². The zero-order valence-electron chi connectivity index (χ0n) is 20.9. The fraction of sp³-hybridized carbons (Fsp3) is 0.500. The summed E-state index contributed by atoms with van der Waals surface area (Å²) in [5, 5.41) is 4.99. The second-order valence-corrected chi connectivity index (χ2v) is 10.2. The van der Waals surface area contributed by atoms with Gasteiger partial charge in [-0.15, -0.1) is 0 Å². The average molecular weight is 459 g/mol. The van der Waals surface area contributed by atoms with Gasteiger partial charge >= 0.3 is 0 Å². The Morgan fingerprint density at radius 2 is 1.65 bits per heavy atom. The molecule has 2 saturated heterocycles. The lowest BCUT2D eigenvalue weighted by Crippen LogP contribution is -2.39. The van der Waals surface area contributed by atoms with E-state index in [1.54, 1.807) is 0 Å². The molecule has 1 aromatic heterocycles. The third-order valence-corrected chi connectivity index (χ3v) is 7.48. The normalized spacial score (nSPS) is 18.9. The number of piperidine rings is 1. The van der Waals surface area contributed by atoms with Crippen LogP contribution in [0.1, 0.15) is 36.0 Å². The highest BCUT2D eigenvalue weighted by Gasteiger charge is 2.22. The Morgan fingerprint density at radius 1 is 0.882 bits per heavy atom. The predicted molar refractivity (Wildman–Crippen MR) is 142 cm³/mol. The molecule has 0 radical (unpaired) electrons. The summed E-state index contributed by atoms with van der Waals surface area (Å²) in [5.41, 5.74) is 5.03. The molecule has 0 unspecified atom stereocenters. The van der Waals surface area contributed by atoms with Crippen molar-refractivity contribution >= 4 is 22.7 Å². The molecule has 6 heteroatoms. The molecule has 3 heterocycles. The number of nitrogens with one attached hydrogen (secondary N) is 1. The largest absolute Gasteiger partial charge is 0.367 e. The maximum Gasteiger partial charge on any atom is 0.227 e. The van der Waals surface area contributed by atoms with Crippen LogP contribution < -0.4 is 10.2 Å². The first kappa shape index (κ1) is 23.1. The van der Waals surface area contributed by atoms with E-state index in [0.717, 1.165) is 87.7 Å².